The zero-order chi connectivity index (χ0) is 18.9. The van der Waals surface area contributed by atoms with Gasteiger partial charge in [0.1, 0.15) is 12.1 Å². The Kier molecular flexibility index (Phi) is 4.80. The maximum Gasteiger partial charge on any atom is 0.327 e. The first-order chi connectivity index (χ1) is 12.4. The van der Waals surface area contributed by atoms with Gasteiger partial charge in [-0.2, -0.15) is 0 Å². The van der Waals surface area contributed by atoms with E-state index in [0.29, 0.717) is 24.1 Å². The molecule has 1 saturated heterocycles. The van der Waals surface area contributed by atoms with Gasteiger partial charge in [0.2, 0.25) is 5.91 Å². The fraction of sp³-hybridized carbons (Fsp3) is 0.474. The van der Waals surface area contributed by atoms with Crippen molar-refractivity contribution in [3.05, 3.63) is 29.8 Å². The van der Waals surface area contributed by atoms with E-state index in [1.165, 1.54) is 11.8 Å². The lowest BCUT2D eigenvalue weighted by Gasteiger charge is -2.35. The third kappa shape index (κ3) is 2.98. The Hall–Kier alpha value is -2.70. The van der Waals surface area contributed by atoms with Crippen LogP contribution in [-0.2, 0) is 9.59 Å². The Morgan fingerprint density at radius 2 is 1.77 bits per heavy atom. The minimum Gasteiger partial charge on any atom is -0.324 e. The second-order valence-electron chi connectivity index (χ2n) is 6.98. The van der Waals surface area contributed by atoms with Crippen molar-refractivity contribution in [1.29, 1.82) is 0 Å². The van der Waals surface area contributed by atoms with E-state index in [0.717, 1.165) is 24.2 Å². The van der Waals surface area contributed by atoms with E-state index in [1.54, 1.807) is 31.3 Å². The van der Waals surface area contributed by atoms with E-state index in [4.69, 9.17) is 0 Å². The maximum atomic E-state index is 12.9. The molecule has 1 spiro atoms. The molecule has 26 heavy (non-hydrogen) atoms. The van der Waals surface area contributed by atoms with Gasteiger partial charge in [-0.25, -0.2) is 4.79 Å². The van der Waals surface area contributed by atoms with Crippen molar-refractivity contribution in [1.82, 2.24) is 9.80 Å². The highest BCUT2D eigenvalue weighted by molar-refractivity contribution is 6.11. The van der Waals surface area contributed by atoms with Crippen molar-refractivity contribution < 1.29 is 19.2 Å². The Labute approximate surface area is 152 Å². The van der Waals surface area contributed by atoms with Gasteiger partial charge in [0.15, 0.2) is 5.78 Å². The van der Waals surface area contributed by atoms with Crippen LogP contribution in [0.25, 0.3) is 0 Å². The third-order valence-corrected chi connectivity index (χ3v) is 5.37. The Morgan fingerprint density at radius 3 is 2.42 bits per heavy atom. The quantitative estimate of drug-likeness (QED) is 0.662. The number of para-hydroxylation sites is 1. The molecule has 3 rings (SSSR count). The van der Waals surface area contributed by atoms with Gasteiger partial charge in [0.25, 0.3) is 5.91 Å². The summed E-state index contributed by atoms with van der Waals surface area (Å²) in [5.74, 6) is -0.962. The van der Waals surface area contributed by atoms with Crippen LogP contribution in [0, 0.1) is 0 Å². The van der Waals surface area contributed by atoms with Crippen LogP contribution in [0.2, 0.25) is 0 Å². The molecule has 138 valence electrons. The summed E-state index contributed by atoms with van der Waals surface area (Å²) in [5.41, 5.74) is -0.0296. The number of carbonyl (C=O) groups excluding carboxylic acids is 4. The fourth-order valence-corrected chi connectivity index (χ4v) is 3.90. The van der Waals surface area contributed by atoms with Gasteiger partial charge in [0.05, 0.1) is 5.69 Å². The van der Waals surface area contributed by atoms with Gasteiger partial charge in [-0.15, -0.1) is 0 Å². The number of imide groups is 1. The van der Waals surface area contributed by atoms with Crippen LogP contribution >= 0.6 is 0 Å². The topological polar surface area (TPSA) is 86.8 Å². The first kappa shape index (κ1) is 18.1. The molecule has 1 aliphatic heterocycles. The molecule has 1 heterocycles. The largest absolute Gasteiger partial charge is 0.327 e. The molecule has 2 aliphatic rings. The summed E-state index contributed by atoms with van der Waals surface area (Å²) < 4.78 is 0. The Bertz CT molecular complexity index is 768. The van der Waals surface area contributed by atoms with Crippen LogP contribution in [0.15, 0.2) is 24.3 Å². The number of hydrogen-bond acceptors (Lipinski definition) is 4. The zero-order valence-electron chi connectivity index (χ0n) is 15.1. The van der Waals surface area contributed by atoms with Crippen LogP contribution < -0.4 is 5.32 Å². The molecule has 4 amide bonds. The summed E-state index contributed by atoms with van der Waals surface area (Å²) in [6, 6.07) is 6.22. The first-order valence-corrected chi connectivity index (χ1v) is 8.86. The minimum atomic E-state index is -0.799. The molecule has 7 nitrogen and oxygen atoms in total. The smallest absolute Gasteiger partial charge is 0.324 e. The number of ketones is 1. The lowest BCUT2D eigenvalue weighted by Crippen LogP contribution is -2.49. The Morgan fingerprint density at radius 1 is 1.12 bits per heavy atom. The number of nitrogens with zero attached hydrogens (tertiary/aromatic N) is 2. The van der Waals surface area contributed by atoms with E-state index >= 15 is 0 Å². The molecule has 1 aliphatic carbocycles. The number of hydrogen-bond donors (Lipinski definition) is 1. The minimum absolute atomic E-state index is 0.171. The molecule has 1 saturated carbocycles. The number of amides is 4. The second-order valence-corrected chi connectivity index (χ2v) is 6.98. The zero-order valence-corrected chi connectivity index (χ0v) is 15.1. The molecular weight excluding hydrogens is 334 g/mol. The van der Waals surface area contributed by atoms with E-state index in [2.05, 4.69) is 5.32 Å². The predicted molar refractivity (Wildman–Crippen MR) is 95.8 cm³/mol. The van der Waals surface area contributed by atoms with Gasteiger partial charge >= 0.3 is 6.03 Å². The maximum absolute atomic E-state index is 12.9. The average Bonchev–Trinajstić information content (AvgIpc) is 2.79. The summed E-state index contributed by atoms with van der Waals surface area (Å²) in [5, 5.41) is 2.64. The van der Waals surface area contributed by atoms with Crippen molar-refractivity contribution in [2.75, 3.05) is 18.9 Å². The predicted octanol–water partition coefficient (Wildman–Crippen LogP) is 2.42. The molecule has 7 heteroatoms. The molecule has 0 atom stereocenters. The number of benzene rings is 1. The van der Waals surface area contributed by atoms with Crippen molar-refractivity contribution in [3.8, 4) is 0 Å². The van der Waals surface area contributed by atoms with E-state index < -0.39 is 17.5 Å². The lowest BCUT2D eigenvalue weighted by atomic mass is 9.81. The second kappa shape index (κ2) is 6.90. The SMILES string of the molecule is CC(=O)c1ccccc1NC(=O)CN1C(=O)N(C)C2(CCCCC2)C1=O. The highest BCUT2D eigenvalue weighted by Gasteiger charge is 2.55. The van der Waals surface area contributed by atoms with Crippen molar-refractivity contribution in [2.24, 2.45) is 0 Å². The molecule has 0 radical (unpaired) electrons. The summed E-state index contributed by atoms with van der Waals surface area (Å²) in [6.07, 6.45) is 4.13. The number of urea groups is 1. The lowest BCUT2D eigenvalue weighted by molar-refractivity contribution is -0.136. The van der Waals surface area contributed by atoms with Crippen LogP contribution in [0.1, 0.15) is 49.4 Å². The summed E-state index contributed by atoms with van der Waals surface area (Å²) >= 11 is 0. The van der Waals surface area contributed by atoms with E-state index in [-0.39, 0.29) is 18.2 Å². The van der Waals surface area contributed by atoms with Gasteiger partial charge in [-0.05, 0) is 31.9 Å². The van der Waals surface area contributed by atoms with Gasteiger partial charge in [0, 0.05) is 12.6 Å². The first-order valence-electron chi connectivity index (χ1n) is 8.86. The average molecular weight is 357 g/mol. The summed E-state index contributed by atoms with van der Waals surface area (Å²) in [4.78, 5) is 52.1. The molecule has 0 unspecified atom stereocenters. The molecule has 1 aromatic carbocycles. The number of Topliss-reactive ketones (excluding diaryl/α,β-unsaturated/α-hetero) is 1. The number of carbonyl (C=O) groups is 4. The third-order valence-electron chi connectivity index (χ3n) is 5.37. The summed E-state index contributed by atoms with van der Waals surface area (Å²) in [7, 11) is 1.63. The van der Waals surface area contributed by atoms with Crippen LogP contribution in [-0.4, -0.2) is 52.6 Å². The number of likely N-dealkylation sites (N-methyl/N-ethyl adjacent to an activating group) is 1. The fourth-order valence-electron chi connectivity index (χ4n) is 3.90. The number of nitrogens with one attached hydrogen (secondary N) is 1. The monoisotopic (exact) mass is 357 g/mol. The van der Waals surface area contributed by atoms with E-state index in [1.807, 2.05) is 0 Å². The van der Waals surface area contributed by atoms with Crippen molar-refractivity contribution in [2.45, 2.75) is 44.6 Å². The van der Waals surface area contributed by atoms with Crippen LogP contribution in [0.5, 0.6) is 0 Å². The van der Waals surface area contributed by atoms with Gasteiger partial charge < -0.3 is 10.2 Å². The number of anilines is 1. The highest BCUT2D eigenvalue weighted by Crippen LogP contribution is 2.39. The van der Waals surface area contributed by atoms with Crippen LogP contribution in [0.3, 0.4) is 0 Å². The molecule has 0 aromatic heterocycles. The molecule has 0 bridgehead atoms. The molecule has 1 aromatic rings. The molecule has 2 fully saturated rings. The van der Waals surface area contributed by atoms with Crippen molar-refractivity contribution >= 4 is 29.3 Å². The number of rotatable bonds is 4. The summed E-state index contributed by atoms with van der Waals surface area (Å²) in [6.45, 7) is 1.07. The normalized spacial score (nSPS) is 19.2. The van der Waals surface area contributed by atoms with Crippen molar-refractivity contribution in [3.63, 3.8) is 0 Å². The molecular formula is C19H23N3O4. The van der Waals surface area contributed by atoms with Crippen LogP contribution in [0.4, 0.5) is 10.5 Å². The highest BCUT2D eigenvalue weighted by atomic mass is 16.2. The van der Waals surface area contributed by atoms with E-state index in [9.17, 15) is 19.2 Å². The Balaban J connectivity index is 1.75. The standard InChI is InChI=1S/C19H23N3O4/c1-13(23)14-8-4-5-9-15(14)20-16(24)12-22-17(25)19(21(2)18(22)26)10-6-3-7-11-19/h4-5,8-9H,3,6-7,10-12H2,1-2H3,(H,20,24). The van der Waals surface area contributed by atoms with Gasteiger partial charge in [-0.3, -0.25) is 19.3 Å². The van der Waals surface area contributed by atoms with Gasteiger partial charge in [-0.1, -0.05) is 31.4 Å². The molecule has 1 N–H and O–H groups in total.